The van der Waals surface area contributed by atoms with E-state index in [0.717, 1.165) is 25.7 Å². The molecule has 2 rings (SSSR count). The van der Waals surface area contributed by atoms with Gasteiger partial charge in [-0.1, -0.05) is 28.7 Å². The fraction of sp³-hybridized carbons (Fsp3) is 0.455. The maximum Gasteiger partial charge on any atom is 0.416 e. The molecule has 0 amide bonds. The number of piperazine rings is 1. The first kappa shape index (κ1) is 12.9. The lowest BCUT2D eigenvalue weighted by molar-refractivity contribution is -0.137. The van der Waals surface area contributed by atoms with Crippen LogP contribution in [0.3, 0.4) is 0 Å². The van der Waals surface area contributed by atoms with E-state index in [4.69, 9.17) is 0 Å². The summed E-state index contributed by atoms with van der Waals surface area (Å²) < 4.78 is 38.0. The molecule has 1 aromatic carbocycles. The summed E-state index contributed by atoms with van der Waals surface area (Å²) in [6, 6.07) is 5.51. The molecule has 1 atom stereocenters. The number of halogens is 4. The fourth-order valence-electron chi connectivity index (χ4n) is 1.82. The molecule has 0 bridgehead atoms. The second kappa shape index (κ2) is 5.01. The van der Waals surface area contributed by atoms with E-state index >= 15 is 0 Å². The maximum atomic E-state index is 12.6. The van der Waals surface area contributed by atoms with Gasteiger partial charge in [0.05, 0.1) is 9.61 Å². The summed E-state index contributed by atoms with van der Waals surface area (Å²) in [6.45, 7) is 2.32. The number of nitrogens with zero attached hydrogens (tertiary/aromatic N) is 1. The van der Waals surface area contributed by atoms with E-state index in [1.165, 1.54) is 12.1 Å². The van der Waals surface area contributed by atoms with Crippen LogP contribution in [0.5, 0.6) is 0 Å². The Hall–Kier alpha value is -0.500. The molecule has 1 saturated heterocycles. The Morgan fingerprint density at radius 2 is 2.12 bits per heavy atom. The van der Waals surface area contributed by atoms with Crippen molar-refractivity contribution < 1.29 is 13.2 Å². The summed E-state index contributed by atoms with van der Waals surface area (Å²) in [5.74, 6) is 0. The Morgan fingerprint density at radius 1 is 1.35 bits per heavy atom. The van der Waals surface area contributed by atoms with E-state index < -0.39 is 11.7 Å². The van der Waals surface area contributed by atoms with E-state index in [0.29, 0.717) is 5.69 Å². The van der Waals surface area contributed by atoms with Crippen LogP contribution in [0, 0.1) is 0 Å². The van der Waals surface area contributed by atoms with Gasteiger partial charge in [-0.25, -0.2) is 0 Å². The Kier molecular flexibility index (Phi) is 3.82. The number of alkyl halides is 4. The van der Waals surface area contributed by atoms with Gasteiger partial charge < -0.3 is 10.2 Å². The summed E-state index contributed by atoms with van der Waals surface area (Å²) >= 11 is 2.24. The van der Waals surface area contributed by atoms with Crippen LogP contribution >= 0.6 is 22.6 Å². The first-order chi connectivity index (χ1) is 7.98. The molecule has 1 aliphatic rings. The molecule has 1 N–H and O–H groups in total. The van der Waals surface area contributed by atoms with E-state index in [1.807, 2.05) is 4.90 Å². The maximum absolute atomic E-state index is 12.6. The third-order valence-corrected chi connectivity index (χ3v) is 3.80. The molecule has 0 radical (unpaired) electrons. The van der Waals surface area contributed by atoms with Crippen molar-refractivity contribution in [2.75, 3.05) is 24.5 Å². The summed E-state index contributed by atoms with van der Waals surface area (Å²) in [4.78, 5) is 1.99. The first-order valence-electron chi connectivity index (χ1n) is 5.27. The lowest BCUT2D eigenvalue weighted by Crippen LogP contribution is -2.48. The van der Waals surface area contributed by atoms with Crippen LogP contribution < -0.4 is 10.2 Å². The van der Waals surface area contributed by atoms with Crippen molar-refractivity contribution in [2.24, 2.45) is 0 Å². The molecule has 2 nitrogen and oxygen atoms in total. The average molecular weight is 356 g/mol. The van der Waals surface area contributed by atoms with E-state index in [2.05, 4.69) is 27.9 Å². The highest BCUT2D eigenvalue weighted by atomic mass is 127. The molecular formula is C11H12F3IN2. The number of hydrogen-bond acceptors (Lipinski definition) is 2. The molecule has 1 fully saturated rings. The lowest BCUT2D eigenvalue weighted by Gasteiger charge is -2.34. The van der Waals surface area contributed by atoms with Crippen molar-refractivity contribution in [3.05, 3.63) is 29.8 Å². The molecule has 0 aliphatic carbocycles. The minimum absolute atomic E-state index is 0.185. The highest BCUT2D eigenvalue weighted by molar-refractivity contribution is 14.1. The first-order valence-corrected chi connectivity index (χ1v) is 6.52. The van der Waals surface area contributed by atoms with Crippen molar-refractivity contribution in [3.8, 4) is 0 Å². The number of rotatable bonds is 1. The van der Waals surface area contributed by atoms with Crippen molar-refractivity contribution >= 4 is 28.3 Å². The second-order valence-electron chi connectivity index (χ2n) is 3.88. The van der Waals surface area contributed by atoms with Crippen molar-refractivity contribution in [2.45, 2.75) is 10.2 Å². The van der Waals surface area contributed by atoms with Crippen LogP contribution in [-0.4, -0.2) is 23.7 Å². The average Bonchev–Trinajstić information content (AvgIpc) is 2.29. The minimum atomic E-state index is -4.27. The third-order valence-electron chi connectivity index (χ3n) is 2.69. The quantitative estimate of drug-likeness (QED) is 0.473. The predicted octanol–water partition coefficient (Wildman–Crippen LogP) is 2.88. The number of hydrogen-bond donors (Lipinski definition) is 1. The molecule has 0 aromatic heterocycles. The summed E-state index contributed by atoms with van der Waals surface area (Å²) in [7, 11) is 0. The summed E-state index contributed by atoms with van der Waals surface area (Å²) in [5.41, 5.74) is 0.0536. The molecule has 17 heavy (non-hydrogen) atoms. The van der Waals surface area contributed by atoms with Crippen LogP contribution in [0.15, 0.2) is 24.3 Å². The minimum Gasteiger partial charge on any atom is -0.357 e. The normalized spacial score (nSPS) is 21.6. The molecular weight excluding hydrogens is 344 g/mol. The zero-order chi connectivity index (χ0) is 12.5. The molecule has 1 aromatic rings. The predicted molar refractivity (Wildman–Crippen MR) is 69.5 cm³/mol. The number of nitrogens with one attached hydrogen (secondary N) is 1. The van der Waals surface area contributed by atoms with Gasteiger partial charge in [-0.3, -0.25) is 0 Å². The number of benzene rings is 1. The van der Waals surface area contributed by atoms with Crippen LogP contribution in [-0.2, 0) is 6.18 Å². The Bertz CT molecular complexity index is 395. The van der Waals surface area contributed by atoms with E-state index in [1.54, 1.807) is 6.07 Å². The van der Waals surface area contributed by atoms with Crippen LogP contribution in [0.4, 0.5) is 18.9 Å². The van der Waals surface area contributed by atoms with E-state index in [-0.39, 0.29) is 4.05 Å². The Balaban J connectivity index is 2.26. The second-order valence-corrected chi connectivity index (χ2v) is 5.32. The largest absolute Gasteiger partial charge is 0.416 e. The van der Waals surface area contributed by atoms with Gasteiger partial charge >= 0.3 is 6.18 Å². The highest BCUT2D eigenvalue weighted by Crippen LogP contribution is 2.32. The van der Waals surface area contributed by atoms with Gasteiger partial charge in [0, 0.05) is 25.3 Å². The van der Waals surface area contributed by atoms with Crippen molar-refractivity contribution in [1.82, 2.24) is 5.32 Å². The molecule has 94 valence electrons. The molecule has 6 heteroatoms. The van der Waals surface area contributed by atoms with Gasteiger partial charge in [-0.2, -0.15) is 13.2 Å². The molecule has 1 aliphatic heterocycles. The van der Waals surface area contributed by atoms with Crippen molar-refractivity contribution in [3.63, 3.8) is 0 Å². The van der Waals surface area contributed by atoms with Gasteiger partial charge in [0.2, 0.25) is 0 Å². The molecule has 0 spiro atoms. The summed E-state index contributed by atoms with van der Waals surface area (Å²) in [5, 5.41) is 3.21. The Labute approximate surface area is 111 Å². The zero-order valence-corrected chi connectivity index (χ0v) is 11.1. The van der Waals surface area contributed by atoms with Gasteiger partial charge in [0.1, 0.15) is 0 Å². The third kappa shape index (κ3) is 3.04. The van der Waals surface area contributed by atoms with Crippen molar-refractivity contribution in [1.29, 1.82) is 0 Å². The van der Waals surface area contributed by atoms with Gasteiger partial charge in [0.15, 0.2) is 0 Å². The summed E-state index contributed by atoms with van der Waals surface area (Å²) in [6.07, 6.45) is -4.27. The van der Waals surface area contributed by atoms with Gasteiger partial charge in [-0.15, -0.1) is 0 Å². The molecule has 0 saturated carbocycles. The van der Waals surface area contributed by atoms with Gasteiger partial charge in [-0.05, 0) is 18.2 Å². The standard InChI is InChI=1S/C11H12F3IN2/c12-11(13,14)8-2-1-3-9(6-8)17-5-4-16-7-10(17)15/h1-3,6,10,16H,4-5,7H2. The van der Waals surface area contributed by atoms with Crippen LogP contribution in [0.25, 0.3) is 0 Å². The fourth-order valence-corrected chi connectivity index (χ4v) is 2.73. The van der Waals surface area contributed by atoms with Crippen LogP contribution in [0.1, 0.15) is 5.56 Å². The van der Waals surface area contributed by atoms with E-state index in [9.17, 15) is 13.2 Å². The SMILES string of the molecule is FC(F)(F)c1cccc(N2CCNCC2I)c1. The highest BCUT2D eigenvalue weighted by Gasteiger charge is 2.31. The lowest BCUT2D eigenvalue weighted by atomic mass is 10.1. The topological polar surface area (TPSA) is 15.3 Å². The van der Waals surface area contributed by atoms with Gasteiger partial charge in [0.25, 0.3) is 0 Å². The Morgan fingerprint density at radius 3 is 2.76 bits per heavy atom. The molecule has 1 unspecified atom stereocenters. The number of anilines is 1. The monoisotopic (exact) mass is 356 g/mol. The smallest absolute Gasteiger partial charge is 0.357 e. The van der Waals surface area contributed by atoms with Crippen LogP contribution in [0.2, 0.25) is 0 Å². The zero-order valence-electron chi connectivity index (χ0n) is 8.97. The molecule has 1 heterocycles.